The van der Waals surface area contributed by atoms with Crippen molar-refractivity contribution >= 4 is 16.6 Å². The quantitative estimate of drug-likeness (QED) is 0.339. The summed E-state index contributed by atoms with van der Waals surface area (Å²) in [4.78, 5) is 18.3. The van der Waals surface area contributed by atoms with Gasteiger partial charge < -0.3 is 18.9 Å². The summed E-state index contributed by atoms with van der Waals surface area (Å²) in [6, 6.07) is 13.1. The van der Waals surface area contributed by atoms with Gasteiger partial charge in [0.15, 0.2) is 17.1 Å². The molecule has 184 valence electrons. The van der Waals surface area contributed by atoms with E-state index < -0.39 is 0 Å². The maximum absolute atomic E-state index is 13.6. The Morgan fingerprint density at radius 1 is 0.889 bits per heavy atom. The largest absolute Gasteiger partial charge is 0.497 e. The number of aromatic nitrogens is 4. The van der Waals surface area contributed by atoms with Crippen molar-refractivity contribution in [1.82, 2.24) is 19.2 Å². The second-order valence-corrected chi connectivity index (χ2v) is 8.07. The highest BCUT2D eigenvalue weighted by atomic mass is 16.5. The summed E-state index contributed by atoms with van der Waals surface area (Å²) in [5, 5.41) is 5.25. The lowest BCUT2D eigenvalue weighted by Crippen LogP contribution is -2.19. The van der Waals surface area contributed by atoms with Crippen molar-refractivity contribution in [2.24, 2.45) is 0 Å². The molecular weight excluding hydrogens is 460 g/mol. The van der Waals surface area contributed by atoms with E-state index in [-0.39, 0.29) is 5.56 Å². The molecule has 0 radical (unpaired) electrons. The Kier molecular flexibility index (Phi) is 5.97. The molecule has 2 aromatic carbocycles. The number of hydrogen-bond acceptors (Lipinski definition) is 7. The van der Waals surface area contributed by atoms with Crippen LogP contribution < -0.4 is 24.5 Å². The van der Waals surface area contributed by atoms with Gasteiger partial charge in [0.2, 0.25) is 5.75 Å². The van der Waals surface area contributed by atoms with Crippen LogP contribution in [-0.4, -0.2) is 47.6 Å². The molecule has 9 nitrogen and oxygen atoms in total. The van der Waals surface area contributed by atoms with Gasteiger partial charge in [-0.05, 0) is 30.2 Å². The number of hydrogen-bond donors (Lipinski definition) is 0. The molecule has 0 atom stereocenters. The molecule has 0 aliphatic heterocycles. The number of benzene rings is 2. The number of nitrogens with zero attached hydrogens (tertiary/aromatic N) is 4. The van der Waals surface area contributed by atoms with Gasteiger partial charge in [-0.1, -0.05) is 19.1 Å². The van der Waals surface area contributed by atoms with E-state index in [1.54, 1.807) is 36.2 Å². The Morgan fingerprint density at radius 3 is 2.17 bits per heavy atom. The molecule has 0 N–H and O–H groups in total. The Bertz CT molecular complexity index is 1610. The second kappa shape index (κ2) is 9.26. The monoisotopic (exact) mass is 486 g/mol. The molecule has 0 fully saturated rings. The fourth-order valence-corrected chi connectivity index (χ4v) is 4.42. The van der Waals surface area contributed by atoms with Gasteiger partial charge in [-0.2, -0.15) is 5.10 Å². The number of rotatable bonds is 7. The normalized spacial score (nSPS) is 11.1. The Labute approximate surface area is 207 Å². The topological polar surface area (TPSA) is 89.1 Å². The zero-order valence-electron chi connectivity index (χ0n) is 20.7. The first-order valence-corrected chi connectivity index (χ1v) is 11.4. The summed E-state index contributed by atoms with van der Waals surface area (Å²) in [6.07, 6.45) is 4.04. The number of methoxy groups -OCH3 is 4. The van der Waals surface area contributed by atoms with E-state index in [1.807, 2.05) is 30.3 Å². The summed E-state index contributed by atoms with van der Waals surface area (Å²) in [5.41, 5.74) is 4.52. The van der Waals surface area contributed by atoms with Crippen molar-refractivity contribution in [3.8, 4) is 39.8 Å². The van der Waals surface area contributed by atoms with Crippen LogP contribution in [0, 0.1) is 0 Å². The molecule has 5 rings (SSSR count). The molecule has 0 bridgehead atoms. The number of aryl methyl sites for hydroxylation is 1. The minimum Gasteiger partial charge on any atom is -0.497 e. The number of pyridine rings is 1. The average molecular weight is 487 g/mol. The van der Waals surface area contributed by atoms with E-state index in [1.165, 1.54) is 25.9 Å². The van der Waals surface area contributed by atoms with Gasteiger partial charge in [0, 0.05) is 30.1 Å². The van der Waals surface area contributed by atoms with E-state index in [0.29, 0.717) is 45.9 Å². The van der Waals surface area contributed by atoms with Crippen LogP contribution >= 0.6 is 0 Å². The molecule has 3 aromatic heterocycles. The standard InChI is InChI=1S/C27H26N4O5/c1-6-20-24(16-7-9-18(33-2)10-8-16)26-28-15-19-21(31(26)29-20)11-12-30(27(19)32)17-13-22(34-3)25(36-5)23(14-17)35-4/h7-15H,6H2,1-5H3. The van der Waals surface area contributed by atoms with Gasteiger partial charge in [-0.3, -0.25) is 9.36 Å². The summed E-state index contributed by atoms with van der Waals surface area (Å²) in [5.74, 6) is 2.14. The Hall–Kier alpha value is -4.53. The molecule has 3 heterocycles. The van der Waals surface area contributed by atoms with Gasteiger partial charge in [0.05, 0.1) is 50.7 Å². The van der Waals surface area contributed by atoms with Gasteiger partial charge in [0.25, 0.3) is 5.56 Å². The summed E-state index contributed by atoms with van der Waals surface area (Å²) in [7, 11) is 6.25. The van der Waals surface area contributed by atoms with Crippen molar-refractivity contribution in [2.45, 2.75) is 13.3 Å². The molecule has 0 unspecified atom stereocenters. The average Bonchev–Trinajstić information content (AvgIpc) is 3.31. The van der Waals surface area contributed by atoms with E-state index in [9.17, 15) is 4.79 Å². The molecule has 0 saturated carbocycles. The van der Waals surface area contributed by atoms with Crippen molar-refractivity contribution in [2.75, 3.05) is 28.4 Å². The van der Waals surface area contributed by atoms with Crippen LogP contribution in [0.15, 0.2) is 59.7 Å². The van der Waals surface area contributed by atoms with Crippen LogP contribution in [0.5, 0.6) is 23.0 Å². The second-order valence-electron chi connectivity index (χ2n) is 8.07. The van der Waals surface area contributed by atoms with Gasteiger partial charge in [-0.15, -0.1) is 0 Å². The zero-order valence-corrected chi connectivity index (χ0v) is 20.7. The number of ether oxygens (including phenoxy) is 4. The molecule has 0 spiro atoms. The maximum Gasteiger partial charge on any atom is 0.266 e. The predicted molar refractivity (Wildman–Crippen MR) is 137 cm³/mol. The fraction of sp³-hybridized carbons (Fsp3) is 0.222. The van der Waals surface area contributed by atoms with Crippen LogP contribution in [0.25, 0.3) is 33.4 Å². The molecular formula is C27H26N4O5. The molecule has 0 saturated heterocycles. The van der Waals surface area contributed by atoms with E-state index in [2.05, 4.69) is 11.9 Å². The Balaban J connectivity index is 1.71. The van der Waals surface area contributed by atoms with Gasteiger partial charge >= 0.3 is 0 Å². The third kappa shape index (κ3) is 3.60. The molecule has 9 heteroatoms. The lowest BCUT2D eigenvalue weighted by Gasteiger charge is -2.15. The Morgan fingerprint density at radius 2 is 1.58 bits per heavy atom. The fourth-order valence-electron chi connectivity index (χ4n) is 4.42. The van der Waals surface area contributed by atoms with Crippen LogP contribution in [0.3, 0.4) is 0 Å². The molecule has 36 heavy (non-hydrogen) atoms. The van der Waals surface area contributed by atoms with Crippen molar-refractivity contribution in [3.05, 3.63) is 70.9 Å². The first kappa shape index (κ1) is 23.2. The summed E-state index contributed by atoms with van der Waals surface area (Å²) in [6.45, 7) is 2.05. The van der Waals surface area contributed by atoms with Gasteiger partial charge in [0.1, 0.15) is 5.75 Å². The first-order chi connectivity index (χ1) is 17.5. The highest BCUT2D eigenvalue weighted by molar-refractivity contribution is 5.87. The zero-order chi connectivity index (χ0) is 25.4. The lowest BCUT2D eigenvalue weighted by atomic mass is 10.0. The minimum atomic E-state index is -0.240. The van der Waals surface area contributed by atoms with Crippen LogP contribution in [-0.2, 0) is 6.42 Å². The van der Waals surface area contributed by atoms with E-state index in [4.69, 9.17) is 24.0 Å². The smallest absolute Gasteiger partial charge is 0.266 e. The predicted octanol–water partition coefficient (Wildman–Crippen LogP) is 4.30. The first-order valence-electron chi connectivity index (χ1n) is 11.4. The number of fused-ring (bicyclic) bond motifs is 3. The van der Waals surface area contributed by atoms with Crippen LogP contribution in [0.4, 0.5) is 0 Å². The molecule has 0 amide bonds. The molecule has 0 aliphatic rings. The third-order valence-electron chi connectivity index (χ3n) is 6.23. The lowest BCUT2D eigenvalue weighted by molar-refractivity contribution is 0.324. The highest BCUT2D eigenvalue weighted by Crippen LogP contribution is 2.39. The summed E-state index contributed by atoms with van der Waals surface area (Å²) >= 11 is 0. The van der Waals surface area contributed by atoms with E-state index in [0.717, 1.165) is 22.6 Å². The third-order valence-corrected chi connectivity index (χ3v) is 6.23. The van der Waals surface area contributed by atoms with Crippen LogP contribution in [0.1, 0.15) is 12.6 Å². The van der Waals surface area contributed by atoms with Gasteiger partial charge in [-0.25, -0.2) is 9.50 Å². The molecule has 0 aliphatic carbocycles. The molecule has 5 aromatic rings. The highest BCUT2D eigenvalue weighted by Gasteiger charge is 2.19. The van der Waals surface area contributed by atoms with Crippen molar-refractivity contribution < 1.29 is 18.9 Å². The van der Waals surface area contributed by atoms with Crippen molar-refractivity contribution in [3.63, 3.8) is 0 Å². The SMILES string of the molecule is CCc1nn2c(ncc3c(=O)n(-c4cc(OC)c(OC)c(OC)c4)ccc32)c1-c1ccc(OC)cc1. The van der Waals surface area contributed by atoms with Crippen molar-refractivity contribution in [1.29, 1.82) is 0 Å². The van der Waals surface area contributed by atoms with E-state index >= 15 is 0 Å². The minimum absolute atomic E-state index is 0.240. The summed E-state index contributed by atoms with van der Waals surface area (Å²) < 4.78 is 24.9. The maximum atomic E-state index is 13.6. The van der Waals surface area contributed by atoms with Crippen LogP contribution in [0.2, 0.25) is 0 Å².